The molecule has 5 heteroatoms. The molecule has 2 rings (SSSR count). The number of hydrogen-bond donors (Lipinski definition) is 3. The SMILES string of the molecule is O=Nc1ccccc1CNCCNCc1ccccc1O. The van der Waals surface area contributed by atoms with Gasteiger partial charge in [0.25, 0.3) is 0 Å². The summed E-state index contributed by atoms with van der Waals surface area (Å²) in [6.07, 6.45) is 0. The second kappa shape index (κ2) is 8.14. The smallest absolute Gasteiger partial charge is 0.120 e. The number of para-hydroxylation sites is 1. The first-order valence-corrected chi connectivity index (χ1v) is 6.91. The Balaban J connectivity index is 1.66. The van der Waals surface area contributed by atoms with Crippen molar-refractivity contribution in [1.29, 1.82) is 0 Å². The standard InChI is InChI=1S/C16H19N3O2/c20-16-8-4-2-6-14(16)12-18-10-9-17-11-13-5-1-3-7-15(13)19-21/h1-8,17-18,20H,9-12H2. The molecular weight excluding hydrogens is 266 g/mol. The van der Waals surface area contributed by atoms with Gasteiger partial charge >= 0.3 is 0 Å². The van der Waals surface area contributed by atoms with E-state index in [1.165, 1.54) is 0 Å². The number of hydrogen-bond acceptors (Lipinski definition) is 5. The first-order chi connectivity index (χ1) is 10.3. The second-order valence-corrected chi connectivity index (χ2v) is 4.70. The van der Waals surface area contributed by atoms with Gasteiger partial charge in [0.05, 0.1) is 0 Å². The molecule has 0 bridgehead atoms. The van der Waals surface area contributed by atoms with Crippen LogP contribution >= 0.6 is 0 Å². The first-order valence-electron chi connectivity index (χ1n) is 6.91. The summed E-state index contributed by atoms with van der Waals surface area (Å²) >= 11 is 0. The van der Waals surface area contributed by atoms with Crippen molar-refractivity contribution in [3.63, 3.8) is 0 Å². The summed E-state index contributed by atoms with van der Waals surface area (Å²) in [5.74, 6) is 0.309. The number of aromatic hydroxyl groups is 1. The number of benzene rings is 2. The zero-order valence-corrected chi connectivity index (χ0v) is 11.7. The predicted molar refractivity (Wildman–Crippen MR) is 83.4 cm³/mol. The van der Waals surface area contributed by atoms with E-state index in [1.54, 1.807) is 24.3 Å². The average molecular weight is 285 g/mol. The van der Waals surface area contributed by atoms with Gasteiger partial charge in [-0.25, -0.2) is 0 Å². The summed E-state index contributed by atoms with van der Waals surface area (Å²) in [6, 6.07) is 14.6. The Hall–Kier alpha value is -2.24. The van der Waals surface area contributed by atoms with Crippen molar-refractivity contribution in [2.45, 2.75) is 13.1 Å². The molecule has 0 unspecified atom stereocenters. The van der Waals surface area contributed by atoms with Crippen molar-refractivity contribution in [1.82, 2.24) is 10.6 Å². The van der Waals surface area contributed by atoms with E-state index < -0.39 is 0 Å². The molecular formula is C16H19N3O2. The minimum atomic E-state index is 0.309. The van der Waals surface area contributed by atoms with Crippen LogP contribution in [0.2, 0.25) is 0 Å². The lowest BCUT2D eigenvalue weighted by atomic mass is 10.2. The molecule has 0 atom stereocenters. The second-order valence-electron chi connectivity index (χ2n) is 4.70. The molecule has 21 heavy (non-hydrogen) atoms. The average Bonchev–Trinajstić information content (AvgIpc) is 2.52. The van der Waals surface area contributed by atoms with Gasteiger partial charge in [0.2, 0.25) is 0 Å². The fraction of sp³-hybridized carbons (Fsp3) is 0.250. The Morgan fingerprint density at radius 1 is 0.857 bits per heavy atom. The number of phenols is 1. The van der Waals surface area contributed by atoms with Crippen LogP contribution in [-0.4, -0.2) is 18.2 Å². The molecule has 0 saturated carbocycles. The third-order valence-electron chi connectivity index (χ3n) is 3.19. The molecule has 110 valence electrons. The molecule has 0 aliphatic carbocycles. The highest BCUT2D eigenvalue weighted by molar-refractivity contribution is 5.45. The molecule has 0 amide bonds. The van der Waals surface area contributed by atoms with E-state index in [-0.39, 0.29) is 0 Å². The highest BCUT2D eigenvalue weighted by Crippen LogP contribution is 2.17. The number of rotatable bonds is 8. The number of phenolic OH excluding ortho intramolecular Hbond substituents is 1. The zero-order chi connectivity index (χ0) is 14.9. The molecule has 3 N–H and O–H groups in total. The van der Waals surface area contributed by atoms with E-state index in [9.17, 15) is 10.0 Å². The van der Waals surface area contributed by atoms with Gasteiger partial charge in [-0.3, -0.25) is 0 Å². The molecule has 2 aromatic carbocycles. The van der Waals surface area contributed by atoms with Crippen molar-refractivity contribution in [3.05, 3.63) is 64.6 Å². The Morgan fingerprint density at radius 3 is 2.10 bits per heavy atom. The molecule has 0 aromatic heterocycles. The van der Waals surface area contributed by atoms with Crippen LogP contribution in [-0.2, 0) is 13.1 Å². The van der Waals surface area contributed by atoms with Crippen LogP contribution in [0.4, 0.5) is 5.69 Å². The fourth-order valence-corrected chi connectivity index (χ4v) is 2.03. The highest BCUT2D eigenvalue weighted by Gasteiger charge is 2.01. The molecule has 2 aromatic rings. The molecule has 0 heterocycles. The number of nitrogens with one attached hydrogen (secondary N) is 2. The Bertz CT molecular complexity index is 587. The van der Waals surface area contributed by atoms with Crippen molar-refractivity contribution in [3.8, 4) is 5.75 Å². The quantitative estimate of drug-likeness (QED) is 0.515. The minimum Gasteiger partial charge on any atom is -0.508 e. The van der Waals surface area contributed by atoms with E-state index in [0.29, 0.717) is 24.5 Å². The summed E-state index contributed by atoms with van der Waals surface area (Å²) < 4.78 is 0. The van der Waals surface area contributed by atoms with Crippen LogP contribution in [0.15, 0.2) is 53.7 Å². The van der Waals surface area contributed by atoms with Gasteiger partial charge in [-0.1, -0.05) is 36.4 Å². The fourth-order valence-electron chi connectivity index (χ4n) is 2.03. The monoisotopic (exact) mass is 285 g/mol. The van der Waals surface area contributed by atoms with Crippen LogP contribution in [0, 0.1) is 4.91 Å². The molecule has 0 aliphatic heterocycles. The molecule has 0 fully saturated rings. The largest absolute Gasteiger partial charge is 0.508 e. The van der Waals surface area contributed by atoms with Crippen molar-refractivity contribution in [2.75, 3.05) is 13.1 Å². The van der Waals surface area contributed by atoms with E-state index in [1.807, 2.05) is 24.3 Å². The van der Waals surface area contributed by atoms with Crippen LogP contribution < -0.4 is 10.6 Å². The van der Waals surface area contributed by atoms with Crippen molar-refractivity contribution in [2.24, 2.45) is 5.18 Å². The topological polar surface area (TPSA) is 73.7 Å². The summed E-state index contributed by atoms with van der Waals surface area (Å²) in [4.78, 5) is 10.6. The first kappa shape index (κ1) is 15.2. The van der Waals surface area contributed by atoms with Crippen LogP contribution in [0.5, 0.6) is 5.75 Å². The van der Waals surface area contributed by atoms with Gasteiger partial charge in [0.15, 0.2) is 0 Å². The molecule has 0 spiro atoms. The summed E-state index contributed by atoms with van der Waals surface area (Å²) in [5.41, 5.74) is 2.26. The summed E-state index contributed by atoms with van der Waals surface area (Å²) in [7, 11) is 0. The lowest BCUT2D eigenvalue weighted by molar-refractivity contribution is 0.464. The summed E-state index contributed by atoms with van der Waals surface area (Å²) in [6.45, 7) is 2.77. The van der Waals surface area contributed by atoms with Gasteiger partial charge in [-0.2, -0.15) is 0 Å². The van der Waals surface area contributed by atoms with E-state index in [0.717, 1.165) is 24.2 Å². The van der Waals surface area contributed by atoms with Crippen LogP contribution in [0.3, 0.4) is 0 Å². The minimum absolute atomic E-state index is 0.309. The van der Waals surface area contributed by atoms with Gasteiger partial charge in [0.1, 0.15) is 11.4 Å². The van der Waals surface area contributed by atoms with Crippen molar-refractivity contribution >= 4 is 5.69 Å². The van der Waals surface area contributed by atoms with Gasteiger partial charge < -0.3 is 15.7 Å². The Morgan fingerprint density at radius 2 is 1.43 bits per heavy atom. The maximum atomic E-state index is 10.6. The molecule has 5 nitrogen and oxygen atoms in total. The third-order valence-corrected chi connectivity index (χ3v) is 3.19. The Kier molecular flexibility index (Phi) is 5.87. The van der Waals surface area contributed by atoms with Crippen LogP contribution in [0.1, 0.15) is 11.1 Å². The van der Waals surface area contributed by atoms with Crippen LogP contribution in [0.25, 0.3) is 0 Å². The normalized spacial score (nSPS) is 10.5. The molecule has 0 radical (unpaired) electrons. The number of nitrogens with zero attached hydrogens (tertiary/aromatic N) is 1. The van der Waals surface area contributed by atoms with Gasteiger partial charge in [-0.15, -0.1) is 4.91 Å². The van der Waals surface area contributed by atoms with Crippen molar-refractivity contribution < 1.29 is 5.11 Å². The number of nitroso groups, excluding NO2 is 1. The third kappa shape index (κ3) is 4.66. The zero-order valence-electron chi connectivity index (χ0n) is 11.7. The maximum absolute atomic E-state index is 10.6. The molecule has 0 saturated heterocycles. The van der Waals surface area contributed by atoms with E-state index in [4.69, 9.17) is 0 Å². The van der Waals surface area contributed by atoms with E-state index >= 15 is 0 Å². The van der Waals surface area contributed by atoms with Gasteiger partial charge in [0, 0.05) is 31.7 Å². The van der Waals surface area contributed by atoms with Gasteiger partial charge in [-0.05, 0) is 22.9 Å². The molecule has 0 aliphatic rings. The maximum Gasteiger partial charge on any atom is 0.120 e. The Labute approximate surface area is 124 Å². The highest BCUT2D eigenvalue weighted by atomic mass is 16.3. The predicted octanol–water partition coefficient (Wildman–Crippen LogP) is 2.67. The summed E-state index contributed by atoms with van der Waals surface area (Å²) in [5, 5.41) is 19.1. The lowest BCUT2D eigenvalue weighted by Crippen LogP contribution is -2.26. The lowest BCUT2D eigenvalue weighted by Gasteiger charge is -2.08. The van der Waals surface area contributed by atoms with E-state index in [2.05, 4.69) is 15.8 Å².